The summed E-state index contributed by atoms with van der Waals surface area (Å²) in [4.78, 5) is 16.6. The summed E-state index contributed by atoms with van der Waals surface area (Å²) >= 11 is 0. The lowest BCUT2D eigenvalue weighted by Crippen LogP contribution is -2.32. The summed E-state index contributed by atoms with van der Waals surface area (Å²) in [7, 11) is 0. The number of carbonyl (C=O) groups is 1. The van der Waals surface area contributed by atoms with E-state index < -0.39 is 18.5 Å². The number of benzene rings is 3. The maximum absolute atomic E-state index is 13.6. The first-order valence-corrected chi connectivity index (χ1v) is 10.4. The number of carbonyl (C=O) groups excluding carboxylic acids is 1. The van der Waals surface area contributed by atoms with E-state index in [1.165, 1.54) is 0 Å². The van der Waals surface area contributed by atoms with Gasteiger partial charge in [0.25, 0.3) is 5.91 Å². The largest absolute Gasteiger partial charge is 0.489 e. The number of amides is 1. The van der Waals surface area contributed by atoms with Gasteiger partial charge in [-0.05, 0) is 48.9 Å². The average molecular weight is 451 g/mol. The number of rotatable bonds is 9. The van der Waals surface area contributed by atoms with Crippen LogP contribution in [0.5, 0.6) is 11.5 Å². The maximum atomic E-state index is 13.6. The number of alkyl halides is 2. The molecule has 6 nitrogen and oxygen atoms in total. The van der Waals surface area contributed by atoms with Crippen LogP contribution < -0.4 is 14.8 Å². The van der Waals surface area contributed by atoms with E-state index >= 15 is 0 Å². The fourth-order valence-corrected chi connectivity index (χ4v) is 3.44. The SMILES string of the molecule is CC(NC(=O)COc1ccc(OCc2ccccc2)cc1)c1nc2ccccc2n1C(F)F. The summed E-state index contributed by atoms with van der Waals surface area (Å²) in [5.74, 6) is 0.805. The van der Waals surface area contributed by atoms with E-state index in [0.29, 0.717) is 29.1 Å². The molecule has 0 saturated heterocycles. The highest BCUT2D eigenvalue weighted by molar-refractivity contribution is 5.79. The predicted octanol–water partition coefficient (Wildman–Crippen LogP) is 5.27. The summed E-state index contributed by atoms with van der Waals surface area (Å²) in [6.45, 7) is -0.976. The summed E-state index contributed by atoms with van der Waals surface area (Å²) < 4.78 is 39.3. The lowest BCUT2D eigenvalue weighted by atomic mass is 10.2. The summed E-state index contributed by atoms with van der Waals surface area (Å²) in [5.41, 5.74) is 1.82. The van der Waals surface area contributed by atoms with Gasteiger partial charge in [0.2, 0.25) is 0 Å². The highest BCUT2D eigenvalue weighted by Gasteiger charge is 2.23. The van der Waals surface area contributed by atoms with E-state index in [2.05, 4.69) is 10.3 Å². The molecule has 0 aliphatic heterocycles. The molecule has 0 aliphatic rings. The topological polar surface area (TPSA) is 65.4 Å². The van der Waals surface area contributed by atoms with Crippen LogP contribution in [0.3, 0.4) is 0 Å². The van der Waals surface area contributed by atoms with Gasteiger partial charge < -0.3 is 14.8 Å². The van der Waals surface area contributed by atoms with E-state index in [1.807, 2.05) is 30.3 Å². The molecule has 0 saturated carbocycles. The van der Waals surface area contributed by atoms with Gasteiger partial charge in [0.05, 0.1) is 17.1 Å². The standard InChI is InChI=1S/C25H23F2N3O3/c1-17(24-29-21-9-5-6-10-22(21)30(24)25(26)27)28-23(31)16-33-20-13-11-19(12-14-20)32-15-18-7-3-2-4-8-18/h2-14,17,25H,15-16H2,1H3,(H,28,31). The van der Waals surface area contributed by atoms with Gasteiger partial charge in [0, 0.05) is 0 Å². The number of imidazole rings is 1. The molecule has 170 valence electrons. The predicted molar refractivity (Wildman–Crippen MR) is 120 cm³/mol. The molecule has 0 fully saturated rings. The van der Waals surface area contributed by atoms with E-state index in [-0.39, 0.29) is 12.4 Å². The highest BCUT2D eigenvalue weighted by atomic mass is 19.3. The third kappa shape index (κ3) is 5.46. The Hall–Kier alpha value is -3.94. The molecule has 1 aromatic heterocycles. The van der Waals surface area contributed by atoms with Gasteiger partial charge in [0.1, 0.15) is 23.9 Å². The van der Waals surface area contributed by atoms with Crippen molar-refractivity contribution < 1.29 is 23.0 Å². The third-order valence-electron chi connectivity index (χ3n) is 5.03. The molecule has 1 unspecified atom stereocenters. The molecule has 4 rings (SSSR count). The van der Waals surface area contributed by atoms with Crippen LogP contribution in [0.4, 0.5) is 8.78 Å². The second-order valence-corrected chi connectivity index (χ2v) is 7.43. The smallest absolute Gasteiger partial charge is 0.320 e. The number of nitrogens with zero attached hydrogens (tertiary/aromatic N) is 2. The minimum absolute atomic E-state index is 0.0828. The Morgan fingerprint density at radius 1 is 0.939 bits per heavy atom. The molecule has 1 atom stereocenters. The van der Waals surface area contributed by atoms with Gasteiger partial charge in [-0.3, -0.25) is 9.36 Å². The average Bonchev–Trinajstić information content (AvgIpc) is 3.23. The number of ether oxygens (including phenoxy) is 2. The van der Waals surface area contributed by atoms with Crippen LogP contribution in [-0.2, 0) is 11.4 Å². The number of fused-ring (bicyclic) bond motifs is 1. The van der Waals surface area contributed by atoms with Crippen molar-refractivity contribution in [2.75, 3.05) is 6.61 Å². The monoisotopic (exact) mass is 451 g/mol. The van der Waals surface area contributed by atoms with Crippen LogP contribution in [0, 0.1) is 0 Å². The molecule has 0 bridgehead atoms. The van der Waals surface area contributed by atoms with Crippen molar-refractivity contribution in [2.45, 2.75) is 26.1 Å². The summed E-state index contributed by atoms with van der Waals surface area (Å²) in [5, 5.41) is 2.67. The van der Waals surface area contributed by atoms with E-state index in [1.54, 1.807) is 55.5 Å². The molecule has 0 spiro atoms. The molecule has 1 N–H and O–H groups in total. The number of aromatic nitrogens is 2. The zero-order valence-electron chi connectivity index (χ0n) is 17.9. The van der Waals surface area contributed by atoms with Crippen LogP contribution in [0.1, 0.15) is 30.9 Å². The van der Waals surface area contributed by atoms with Gasteiger partial charge in [0.15, 0.2) is 6.61 Å². The van der Waals surface area contributed by atoms with Gasteiger partial charge >= 0.3 is 6.55 Å². The zero-order valence-corrected chi connectivity index (χ0v) is 17.9. The Kier molecular flexibility index (Phi) is 6.83. The zero-order chi connectivity index (χ0) is 23.2. The molecule has 0 radical (unpaired) electrons. The Bertz CT molecular complexity index is 1210. The minimum atomic E-state index is -2.77. The van der Waals surface area contributed by atoms with Crippen LogP contribution in [0.15, 0.2) is 78.9 Å². The third-order valence-corrected chi connectivity index (χ3v) is 5.03. The number of nitrogens with one attached hydrogen (secondary N) is 1. The normalized spacial score (nSPS) is 12.0. The Balaban J connectivity index is 1.31. The van der Waals surface area contributed by atoms with Crippen molar-refractivity contribution in [1.29, 1.82) is 0 Å². The van der Waals surface area contributed by atoms with E-state index in [4.69, 9.17) is 9.47 Å². The number of halogens is 2. The molecule has 1 amide bonds. The maximum Gasteiger partial charge on any atom is 0.320 e. The highest BCUT2D eigenvalue weighted by Crippen LogP contribution is 2.26. The van der Waals surface area contributed by atoms with Crippen LogP contribution >= 0.6 is 0 Å². The lowest BCUT2D eigenvalue weighted by Gasteiger charge is -2.16. The number of hydrogen-bond acceptors (Lipinski definition) is 4. The van der Waals surface area contributed by atoms with Crippen LogP contribution in [0.25, 0.3) is 11.0 Å². The number of para-hydroxylation sites is 2. The summed E-state index contributed by atoms with van der Waals surface area (Å²) in [6, 6.07) is 22.6. The van der Waals surface area contributed by atoms with E-state index in [9.17, 15) is 13.6 Å². The fourth-order valence-electron chi connectivity index (χ4n) is 3.44. The van der Waals surface area contributed by atoms with Gasteiger partial charge in [-0.15, -0.1) is 0 Å². The Labute approximate surface area is 189 Å². The van der Waals surface area contributed by atoms with E-state index in [0.717, 1.165) is 10.1 Å². The molecule has 1 heterocycles. The van der Waals surface area contributed by atoms with Crippen molar-refractivity contribution in [1.82, 2.24) is 14.9 Å². The van der Waals surface area contributed by atoms with Crippen molar-refractivity contribution in [3.05, 3.63) is 90.3 Å². The number of hydrogen-bond donors (Lipinski definition) is 1. The summed E-state index contributed by atoms with van der Waals surface area (Å²) in [6.07, 6.45) is 0. The molecular weight excluding hydrogens is 428 g/mol. The van der Waals surface area contributed by atoms with Gasteiger partial charge in [-0.25, -0.2) is 4.98 Å². The molecule has 8 heteroatoms. The molecule has 3 aromatic carbocycles. The molecule has 4 aromatic rings. The first-order valence-electron chi connectivity index (χ1n) is 10.4. The Morgan fingerprint density at radius 2 is 1.58 bits per heavy atom. The lowest BCUT2D eigenvalue weighted by molar-refractivity contribution is -0.123. The van der Waals surface area contributed by atoms with Crippen molar-refractivity contribution in [3.8, 4) is 11.5 Å². The second kappa shape index (κ2) is 10.1. The minimum Gasteiger partial charge on any atom is -0.489 e. The first kappa shape index (κ1) is 22.3. The van der Waals surface area contributed by atoms with Crippen molar-refractivity contribution in [3.63, 3.8) is 0 Å². The van der Waals surface area contributed by atoms with Crippen LogP contribution in [0.2, 0.25) is 0 Å². The van der Waals surface area contributed by atoms with Crippen molar-refractivity contribution in [2.24, 2.45) is 0 Å². The molecule has 0 aliphatic carbocycles. The van der Waals surface area contributed by atoms with Gasteiger partial charge in [-0.1, -0.05) is 42.5 Å². The van der Waals surface area contributed by atoms with Crippen molar-refractivity contribution >= 4 is 16.9 Å². The first-order chi connectivity index (χ1) is 16.0. The second-order valence-electron chi connectivity index (χ2n) is 7.43. The molecule has 33 heavy (non-hydrogen) atoms. The van der Waals surface area contributed by atoms with Crippen LogP contribution in [-0.4, -0.2) is 22.1 Å². The molecular formula is C25H23F2N3O3. The quantitative estimate of drug-likeness (QED) is 0.377. The Morgan fingerprint density at radius 3 is 2.27 bits per heavy atom. The fraction of sp³-hybridized carbons (Fsp3) is 0.200. The van der Waals surface area contributed by atoms with Gasteiger partial charge in [-0.2, -0.15) is 8.78 Å².